The second kappa shape index (κ2) is 13.3. The van der Waals surface area contributed by atoms with Crippen LogP contribution in [0.15, 0.2) is 24.3 Å². The maximum Gasteiger partial charge on any atom is 0.308 e. The van der Waals surface area contributed by atoms with E-state index in [1.807, 2.05) is 24.3 Å². The van der Waals surface area contributed by atoms with E-state index >= 15 is 0 Å². The van der Waals surface area contributed by atoms with Crippen molar-refractivity contribution in [3.63, 3.8) is 0 Å². The van der Waals surface area contributed by atoms with Crippen molar-refractivity contribution in [2.75, 3.05) is 38.2 Å². The van der Waals surface area contributed by atoms with Gasteiger partial charge < -0.3 is 31.2 Å². The maximum atomic E-state index is 13.7. The van der Waals surface area contributed by atoms with Crippen LogP contribution in [0, 0.1) is 0 Å². The summed E-state index contributed by atoms with van der Waals surface area (Å²) in [5.41, 5.74) is 11.2. The molecule has 1 saturated carbocycles. The zero-order valence-electron chi connectivity index (χ0n) is 22.6. The van der Waals surface area contributed by atoms with E-state index in [0.717, 1.165) is 63.6 Å². The van der Waals surface area contributed by atoms with Crippen LogP contribution in [0.1, 0.15) is 80.3 Å². The van der Waals surface area contributed by atoms with Crippen LogP contribution in [0.3, 0.4) is 0 Å². The molecule has 2 aliphatic rings. The van der Waals surface area contributed by atoms with Gasteiger partial charge in [-0.05, 0) is 75.7 Å². The highest BCUT2D eigenvalue weighted by molar-refractivity contribution is 6.31. The van der Waals surface area contributed by atoms with Crippen molar-refractivity contribution < 1.29 is 19.1 Å². The number of esters is 1. The van der Waals surface area contributed by atoms with Crippen molar-refractivity contribution in [2.45, 2.75) is 75.9 Å². The number of halogens is 1. The molecular formula is C28H39ClN6O4. The van der Waals surface area contributed by atoms with Crippen LogP contribution >= 0.6 is 11.6 Å². The van der Waals surface area contributed by atoms with Gasteiger partial charge in [-0.15, -0.1) is 0 Å². The first kappa shape index (κ1) is 28.9. The van der Waals surface area contributed by atoms with Crippen molar-refractivity contribution in [1.29, 1.82) is 0 Å². The Morgan fingerprint density at radius 1 is 1.03 bits per heavy atom. The number of benzene rings is 1. The number of ether oxygens (including phenoxy) is 2. The average Bonchev–Trinajstić information content (AvgIpc) is 2.94. The summed E-state index contributed by atoms with van der Waals surface area (Å²) in [6.07, 6.45) is 8.74. The fourth-order valence-electron chi connectivity index (χ4n) is 5.50. The lowest BCUT2D eigenvalue weighted by molar-refractivity contribution is -0.152. The van der Waals surface area contributed by atoms with Crippen molar-refractivity contribution in [2.24, 2.45) is 0 Å². The molecule has 0 bridgehead atoms. The molecule has 0 radical (unpaired) electrons. The third-order valence-electron chi connectivity index (χ3n) is 7.72. The molecule has 2 fully saturated rings. The van der Waals surface area contributed by atoms with Crippen LogP contribution < -0.4 is 21.5 Å². The molecule has 1 aromatic heterocycles. The molecule has 2 heterocycles. The number of hydrogen-bond acceptors (Lipinski definition) is 9. The van der Waals surface area contributed by atoms with Crippen molar-refractivity contribution >= 4 is 35.1 Å². The number of carbonyl (C=O) groups is 2. The van der Waals surface area contributed by atoms with Gasteiger partial charge in [0.2, 0.25) is 0 Å². The molecule has 1 unspecified atom stereocenters. The van der Waals surface area contributed by atoms with E-state index < -0.39 is 11.4 Å². The summed E-state index contributed by atoms with van der Waals surface area (Å²) in [4.78, 5) is 37.6. The smallest absolute Gasteiger partial charge is 0.308 e. The Hall–Kier alpha value is -3.11. The van der Waals surface area contributed by atoms with Crippen molar-refractivity contribution in [3.05, 3.63) is 40.7 Å². The van der Waals surface area contributed by atoms with E-state index in [1.165, 1.54) is 6.42 Å². The average molecular weight is 559 g/mol. The standard InChI is InChI=1S/C28H39ClN6O4/c1-38-20-12-10-19(11-13-20)28(14-17-35-15-6-3-7-16-35,18-22(36)39-21-8-4-2-5-9-21)34-27(37)23-25(30)33-26(31)24(29)32-23/h10-13,21H,2-9,14-18H2,1H3,(H,34,37)(H4,30,31,33). The zero-order valence-corrected chi connectivity index (χ0v) is 23.3. The number of aromatic nitrogens is 2. The molecule has 10 nitrogen and oxygen atoms in total. The van der Waals surface area contributed by atoms with Gasteiger partial charge in [0.25, 0.3) is 5.91 Å². The number of hydrogen-bond donors (Lipinski definition) is 3. The molecule has 1 aliphatic heterocycles. The van der Waals surface area contributed by atoms with Gasteiger partial charge in [-0.3, -0.25) is 9.59 Å². The number of nitrogens with two attached hydrogens (primary N) is 2. The second-order valence-electron chi connectivity index (χ2n) is 10.5. The summed E-state index contributed by atoms with van der Waals surface area (Å²) in [7, 11) is 1.59. The molecule has 4 rings (SSSR count). The summed E-state index contributed by atoms with van der Waals surface area (Å²) in [6, 6.07) is 7.37. The van der Waals surface area contributed by atoms with E-state index in [1.54, 1.807) is 7.11 Å². The lowest BCUT2D eigenvalue weighted by Crippen LogP contribution is -2.50. The largest absolute Gasteiger partial charge is 0.497 e. The van der Waals surface area contributed by atoms with Gasteiger partial charge in [0.15, 0.2) is 22.5 Å². The van der Waals surface area contributed by atoms with E-state index in [4.69, 9.17) is 32.5 Å². The van der Waals surface area contributed by atoms with Crippen LogP contribution in [0.2, 0.25) is 5.15 Å². The minimum atomic E-state index is -1.10. The van der Waals surface area contributed by atoms with Gasteiger partial charge in [0.05, 0.1) is 19.1 Å². The summed E-state index contributed by atoms with van der Waals surface area (Å²) in [5, 5.41) is 2.99. The number of amides is 1. The van der Waals surface area contributed by atoms with Gasteiger partial charge in [0.1, 0.15) is 11.9 Å². The highest BCUT2D eigenvalue weighted by Gasteiger charge is 2.39. The lowest BCUT2D eigenvalue weighted by Gasteiger charge is -2.38. The number of methoxy groups -OCH3 is 1. The fraction of sp³-hybridized carbons (Fsp3) is 0.571. The molecule has 2 aromatic rings. The van der Waals surface area contributed by atoms with E-state index in [-0.39, 0.29) is 41.0 Å². The molecule has 1 amide bonds. The number of nitrogen functional groups attached to an aromatic ring is 2. The number of nitrogens with one attached hydrogen (secondary N) is 1. The molecule has 5 N–H and O–H groups in total. The third-order valence-corrected chi connectivity index (χ3v) is 7.99. The monoisotopic (exact) mass is 558 g/mol. The first-order valence-corrected chi connectivity index (χ1v) is 14.1. The van der Waals surface area contributed by atoms with Crippen molar-refractivity contribution in [3.8, 4) is 5.75 Å². The number of carbonyl (C=O) groups excluding carboxylic acids is 2. The van der Waals surface area contributed by atoms with Gasteiger partial charge in [-0.1, -0.05) is 36.6 Å². The topological polar surface area (TPSA) is 146 Å². The normalized spacial score (nSPS) is 18.2. The highest BCUT2D eigenvalue weighted by atomic mass is 35.5. The molecular weight excluding hydrogens is 520 g/mol. The maximum absolute atomic E-state index is 13.7. The first-order chi connectivity index (χ1) is 18.8. The third kappa shape index (κ3) is 7.51. The number of rotatable bonds is 10. The Labute approximate surface area is 234 Å². The lowest BCUT2D eigenvalue weighted by atomic mass is 9.82. The molecule has 39 heavy (non-hydrogen) atoms. The van der Waals surface area contributed by atoms with Gasteiger partial charge >= 0.3 is 5.97 Å². The van der Waals surface area contributed by atoms with Crippen LogP contribution in [0.25, 0.3) is 0 Å². The number of piperidine rings is 1. The SMILES string of the molecule is COc1ccc(C(CCN2CCCCC2)(CC(=O)OC2CCCCC2)NC(=O)c2nc(Cl)c(N)nc2N)cc1. The highest BCUT2D eigenvalue weighted by Crippen LogP contribution is 2.34. The number of likely N-dealkylation sites (tertiary alicyclic amines) is 1. The van der Waals surface area contributed by atoms with Gasteiger partial charge in [-0.25, -0.2) is 9.97 Å². The summed E-state index contributed by atoms with van der Waals surface area (Å²) in [6.45, 7) is 2.64. The predicted octanol–water partition coefficient (Wildman–Crippen LogP) is 4.07. The zero-order chi connectivity index (χ0) is 27.8. The van der Waals surface area contributed by atoms with Crippen LogP contribution in [0.5, 0.6) is 5.75 Å². The van der Waals surface area contributed by atoms with E-state index in [0.29, 0.717) is 18.7 Å². The Morgan fingerprint density at radius 3 is 2.36 bits per heavy atom. The van der Waals surface area contributed by atoms with Crippen LogP contribution in [-0.2, 0) is 15.1 Å². The second-order valence-corrected chi connectivity index (χ2v) is 10.8. The van der Waals surface area contributed by atoms with Crippen LogP contribution in [-0.4, -0.2) is 59.6 Å². The number of nitrogens with zero attached hydrogens (tertiary/aromatic N) is 3. The Bertz CT molecular complexity index is 1140. The molecule has 1 saturated heterocycles. The van der Waals surface area contributed by atoms with Gasteiger partial charge in [0, 0.05) is 6.54 Å². The first-order valence-electron chi connectivity index (χ1n) is 13.8. The minimum Gasteiger partial charge on any atom is -0.497 e. The minimum absolute atomic E-state index is 0.0502. The molecule has 11 heteroatoms. The Balaban J connectivity index is 1.69. The summed E-state index contributed by atoms with van der Waals surface area (Å²) in [5.74, 6) is -0.486. The quantitative estimate of drug-likeness (QED) is 0.367. The molecule has 0 spiro atoms. The van der Waals surface area contributed by atoms with Crippen LogP contribution in [0.4, 0.5) is 11.6 Å². The van der Waals surface area contributed by atoms with Gasteiger partial charge in [-0.2, -0.15) is 0 Å². The Kier molecular flexibility index (Phi) is 9.85. The summed E-state index contributed by atoms with van der Waals surface area (Å²) < 4.78 is 11.3. The molecule has 1 aliphatic carbocycles. The molecule has 1 atom stereocenters. The Morgan fingerprint density at radius 2 is 1.69 bits per heavy atom. The fourth-order valence-corrected chi connectivity index (χ4v) is 5.62. The van der Waals surface area contributed by atoms with Crippen molar-refractivity contribution in [1.82, 2.24) is 20.2 Å². The summed E-state index contributed by atoms with van der Waals surface area (Å²) >= 11 is 6.08. The molecule has 1 aromatic carbocycles. The number of anilines is 2. The molecule has 212 valence electrons. The predicted molar refractivity (Wildman–Crippen MR) is 150 cm³/mol. The van der Waals surface area contributed by atoms with E-state index in [9.17, 15) is 9.59 Å². The van der Waals surface area contributed by atoms with E-state index in [2.05, 4.69) is 20.2 Å².